The highest BCUT2D eigenvalue weighted by atomic mass is 16.6. The van der Waals surface area contributed by atoms with Gasteiger partial charge in [-0.05, 0) is 19.4 Å². The second-order valence-electron chi connectivity index (χ2n) is 6.75. The summed E-state index contributed by atoms with van der Waals surface area (Å²) < 4.78 is 30.8. The first-order chi connectivity index (χ1) is 16.7. The number of nitrogens with zero attached hydrogens (tertiary/aromatic N) is 1. The molecule has 1 aromatic rings. The van der Waals surface area contributed by atoms with Gasteiger partial charge in [0.15, 0.2) is 11.5 Å². The van der Waals surface area contributed by atoms with E-state index in [1.54, 1.807) is 6.92 Å². The summed E-state index contributed by atoms with van der Waals surface area (Å²) in [6.07, 6.45) is 1.61. The van der Waals surface area contributed by atoms with Crippen molar-refractivity contribution in [2.45, 2.75) is 25.9 Å². The molecule has 35 heavy (non-hydrogen) atoms. The van der Waals surface area contributed by atoms with Crippen LogP contribution in [0.3, 0.4) is 0 Å². The maximum absolute atomic E-state index is 11.7. The zero-order chi connectivity index (χ0) is 26.2. The Kier molecular flexibility index (Phi) is 13.2. The van der Waals surface area contributed by atoms with Crippen LogP contribution in [0.15, 0.2) is 37.4 Å². The minimum atomic E-state index is -0.707. The molecule has 12 nitrogen and oxygen atoms in total. The lowest BCUT2D eigenvalue weighted by Gasteiger charge is -2.17. The molecule has 192 valence electrons. The highest BCUT2D eigenvalue weighted by Gasteiger charge is 2.24. The van der Waals surface area contributed by atoms with Gasteiger partial charge < -0.3 is 28.4 Å². The Hall–Kier alpha value is -3.93. The second kappa shape index (κ2) is 15.8. The van der Waals surface area contributed by atoms with Gasteiger partial charge in [0.25, 0.3) is 5.69 Å². The van der Waals surface area contributed by atoms with Gasteiger partial charge in [-0.2, -0.15) is 0 Å². The minimum Gasteiger partial charge on any atom is -0.493 e. The topological polar surface area (TPSA) is 150 Å². The average molecular weight is 495 g/mol. The monoisotopic (exact) mass is 495 g/mol. The molecule has 0 N–H and O–H groups in total. The number of methoxy groups -OCH3 is 1. The van der Waals surface area contributed by atoms with E-state index < -0.39 is 28.9 Å². The van der Waals surface area contributed by atoms with Crippen LogP contribution in [0.4, 0.5) is 5.69 Å². The average Bonchev–Trinajstić information content (AvgIpc) is 2.85. The fraction of sp³-hybridized carbons (Fsp3) is 0.435. The number of benzene rings is 1. The third-order valence-corrected chi connectivity index (χ3v) is 4.35. The van der Waals surface area contributed by atoms with Gasteiger partial charge in [-0.15, -0.1) is 0 Å². The number of hydrogen-bond acceptors (Lipinski definition) is 11. The summed E-state index contributed by atoms with van der Waals surface area (Å²) in [5, 5.41) is 11.6. The number of nitro benzene ring substituents is 1. The lowest BCUT2D eigenvalue weighted by Crippen LogP contribution is -2.13. The van der Waals surface area contributed by atoms with Crippen LogP contribution in [0.2, 0.25) is 0 Å². The molecule has 0 amide bonds. The van der Waals surface area contributed by atoms with Gasteiger partial charge in [-0.1, -0.05) is 13.2 Å². The molecule has 0 heterocycles. The van der Waals surface area contributed by atoms with Crippen molar-refractivity contribution in [1.82, 2.24) is 0 Å². The molecule has 0 saturated carbocycles. The predicted molar refractivity (Wildman–Crippen MR) is 122 cm³/mol. The van der Waals surface area contributed by atoms with Crippen molar-refractivity contribution < 1.29 is 47.7 Å². The summed E-state index contributed by atoms with van der Waals surface area (Å²) >= 11 is 0. The molecular weight excluding hydrogens is 466 g/mol. The highest BCUT2D eigenvalue weighted by Crippen LogP contribution is 2.38. The van der Waals surface area contributed by atoms with Gasteiger partial charge in [-0.3, -0.25) is 14.9 Å². The molecule has 0 fully saturated rings. The third-order valence-electron chi connectivity index (χ3n) is 4.35. The number of rotatable bonds is 17. The molecule has 0 aromatic heterocycles. The molecule has 0 spiro atoms. The molecule has 0 saturated heterocycles. The lowest BCUT2D eigenvalue weighted by molar-refractivity contribution is -0.386. The Morgan fingerprint density at radius 1 is 0.971 bits per heavy atom. The zero-order valence-corrected chi connectivity index (χ0v) is 19.7. The van der Waals surface area contributed by atoms with Crippen LogP contribution in [-0.4, -0.2) is 63.0 Å². The fourth-order valence-electron chi connectivity index (χ4n) is 2.66. The summed E-state index contributed by atoms with van der Waals surface area (Å²) in [4.78, 5) is 44.7. The quantitative estimate of drug-likeness (QED) is 0.0784. The maximum Gasteiger partial charge on any atom is 0.330 e. The van der Waals surface area contributed by atoms with Crippen LogP contribution in [0, 0.1) is 10.1 Å². The molecule has 0 aliphatic rings. The SMILES string of the molecule is C=CC(=O)OCCOC(=O)CCCOc1cc([N+](=O)[O-])c(C(C)OCCOC(=O)C=C)cc1OC. The van der Waals surface area contributed by atoms with Crippen molar-refractivity contribution >= 4 is 23.6 Å². The van der Waals surface area contributed by atoms with Gasteiger partial charge in [0.2, 0.25) is 0 Å². The first-order valence-electron chi connectivity index (χ1n) is 10.6. The van der Waals surface area contributed by atoms with E-state index in [0.717, 1.165) is 12.2 Å². The third kappa shape index (κ3) is 10.7. The summed E-state index contributed by atoms with van der Waals surface area (Å²) in [6, 6.07) is 2.66. The molecule has 0 bridgehead atoms. The summed E-state index contributed by atoms with van der Waals surface area (Å²) in [7, 11) is 1.38. The molecule has 0 aliphatic heterocycles. The number of ether oxygens (including phenoxy) is 6. The van der Waals surface area contributed by atoms with E-state index in [4.69, 9.17) is 23.7 Å². The Labute approximate surface area is 202 Å². The van der Waals surface area contributed by atoms with Crippen LogP contribution in [-0.2, 0) is 33.3 Å². The first-order valence-corrected chi connectivity index (χ1v) is 10.6. The number of nitro groups is 1. The Balaban J connectivity index is 2.65. The lowest BCUT2D eigenvalue weighted by atomic mass is 10.1. The Bertz CT molecular complexity index is 913. The van der Waals surface area contributed by atoms with Gasteiger partial charge in [0.05, 0.1) is 43.0 Å². The standard InChI is InChI=1S/C23H29NO11/c1-5-21(25)33-11-10-31-16(3)17-14-19(30-4)20(15-18(17)24(28)29)32-9-7-8-23(27)35-13-12-34-22(26)6-2/h5-6,14-16H,1-2,7-13H2,3-4H3. The van der Waals surface area contributed by atoms with E-state index in [9.17, 15) is 24.5 Å². The van der Waals surface area contributed by atoms with Crippen molar-refractivity contribution in [3.63, 3.8) is 0 Å². The summed E-state index contributed by atoms with van der Waals surface area (Å²) in [5.41, 5.74) is -0.000142. The van der Waals surface area contributed by atoms with Crippen LogP contribution < -0.4 is 9.47 Å². The predicted octanol–water partition coefficient (Wildman–Crippen LogP) is 2.84. The van der Waals surface area contributed by atoms with Crippen molar-refractivity contribution in [3.05, 3.63) is 53.1 Å². The summed E-state index contributed by atoms with van der Waals surface area (Å²) in [5.74, 6) is -1.36. The van der Waals surface area contributed by atoms with E-state index in [1.165, 1.54) is 19.2 Å². The van der Waals surface area contributed by atoms with Crippen LogP contribution >= 0.6 is 0 Å². The van der Waals surface area contributed by atoms with Crippen molar-refractivity contribution in [3.8, 4) is 11.5 Å². The molecule has 1 rings (SSSR count). The van der Waals surface area contributed by atoms with E-state index in [-0.39, 0.29) is 68.6 Å². The zero-order valence-electron chi connectivity index (χ0n) is 19.7. The highest BCUT2D eigenvalue weighted by molar-refractivity contribution is 5.81. The Morgan fingerprint density at radius 2 is 1.57 bits per heavy atom. The van der Waals surface area contributed by atoms with Crippen LogP contribution in [0.25, 0.3) is 0 Å². The Morgan fingerprint density at radius 3 is 2.14 bits per heavy atom. The number of hydrogen-bond donors (Lipinski definition) is 0. The first kappa shape index (κ1) is 29.1. The van der Waals surface area contributed by atoms with Gasteiger partial charge >= 0.3 is 17.9 Å². The molecule has 0 aliphatic carbocycles. The molecular formula is C23H29NO11. The number of carbonyl (C=O) groups excluding carboxylic acids is 3. The van der Waals surface area contributed by atoms with Crippen LogP contribution in [0.1, 0.15) is 31.4 Å². The molecule has 1 unspecified atom stereocenters. The van der Waals surface area contributed by atoms with Crippen molar-refractivity contribution in [1.29, 1.82) is 0 Å². The van der Waals surface area contributed by atoms with Gasteiger partial charge in [0, 0.05) is 18.6 Å². The number of esters is 3. The molecule has 0 radical (unpaired) electrons. The maximum atomic E-state index is 11.7. The van der Waals surface area contributed by atoms with E-state index in [1.807, 2.05) is 0 Å². The van der Waals surface area contributed by atoms with E-state index in [2.05, 4.69) is 17.9 Å². The summed E-state index contributed by atoms with van der Waals surface area (Å²) in [6.45, 7) is 8.02. The van der Waals surface area contributed by atoms with Crippen LogP contribution in [0.5, 0.6) is 11.5 Å². The van der Waals surface area contributed by atoms with Crippen molar-refractivity contribution in [2.75, 3.05) is 40.1 Å². The normalized spacial score (nSPS) is 11.0. The van der Waals surface area contributed by atoms with Crippen molar-refractivity contribution in [2.24, 2.45) is 0 Å². The second-order valence-corrected chi connectivity index (χ2v) is 6.75. The molecule has 12 heteroatoms. The van der Waals surface area contributed by atoms with Gasteiger partial charge in [0.1, 0.15) is 19.8 Å². The smallest absolute Gasteiger partial charge is 0.330 e. The molecule has 1 atom stereocenters. The van der Waals surface area contributed by atoms with Gasteiger partial charge in [-0.25, -0.2) is 9.59 Å². The minimum absolute atomic E-state index is 0.0191. The molecule has 1 aromatic carbocycles. The number of carbonyl (C=O) groups is 3. The fourth-order valence-corrected chi connectivity index (χ4v) is 2.66. The van der Waals surface area contributed by atoms with E-state index in [0.29, 0.717) is 0 Å². The largest absolute Gasteiger partial charge is 0.493 e. The van der Waals surface area contributed by atoms with E-state index >= 15 is 0 Å².